The van der Waals surface area contributed by atoms with Gasteiger partial charge in [0.25, 0.3) is 0 Å². The first-order valence-corrected chi connectivity index (χ1v) is 11.1. The number of aliphatic hydroxyl groups is 2. The number of cyclic esters (lactones) is 1. The van der Waals surface area contributed by atoms with Crippen LogP contribution < -0.4 is 0 Å². The van der Waals surface area contributed by atoms with Crippen molar-refractivity contribution in [1.82, 2.24) is 5.01 Å². The number of hydrogen-bond donors (Lipinski definition) is 4. The van der Waals surface area contributed by atoms with Gasteiger partial charge in [-0.1, -0.05) is 0 Å². The van der Waals surface area contributed by atoms with Crippen LogP contribution in [0, 0.1) is 10.1 Å². The van der Waals surface area contributed by atoms with Crippen LogP contribution in [0.1, 0.15) is 16.9 Å². The summed E-state index contributed by atoms with van der Waals surface area (Å²) in [5.41, 5.74) is 0.797. The van der Waals surface area contributed by atoms with E-state index in [-0.39, 0.29) is 48.5 Å². The van der Waals surface area contributed by atoms with Gasteiger partial charge in [0.2, 0.25) is 11.5 Å². The van der Waals surface area contributed by atoms with Crippen LogP contribution in [-0.4, -0.2) is 73.8 Å². The van der Waals surface area contributed by atoms with Gasteiger partial charge in [0.15, 0.2) is 23.0 Å². The average molecular weight is 525 g/mol. The number of nitrogens with zero attached hydrogens (tertiary/aromatic N) is 3. The number of phenols is 2. The zero-order valence-electron chi connectivity index (χ0n) is 19.4. The van der Waals surface area contributed by atoms with E-state index >= 15 is 0 Å². The van der Waals surface area contributed by atoms with Gasteiger partial charge in [0, 0.05) is 17.6 Å². The first kappa shape index (κ1) is 24.6. The fourth-order valence-electron chi connectivity index (χ4n) is 4.39. The zero-order valence-corrected chi connectivity index (χ0v) is 19.4. The number of furan rings is 1. The third-order valence-electron chi connectivity index (χ3n) is 6.09. The SMILES string of the molecule is O=C1C=CC2=C3c4cc(O)c(O)cc4CC3(O)COC2=C1O.O=C1OCCN1N=Cc1ccc([N+](=O)[O-])o1. The van der Waals surface area contributed by atoms with Gasteiger partial charge in [-0.15, -0.1) is 0 Å². The maximum atomic E-state index is 11.5. The molecule has 6 rings (SSSR count). The Bertz CT molecular complexity index is 1500. The summed E-state index contributed by atoms with van der Waals surface area (Å²) in [7, 11) is 0. The predicted octanol–water partition coefficient (Wildman–Crippen LogP) is 2.05. The lowest BCUT2D eigenvalue weighted by Gasteiger charge is -2.33. The zero-order chi connectivity index (χ0) is 27.2. The number of benzene rings is 1. The number of aromatic hydroxyl groups is 2. The Morgan fingerprint density at radius 2 is 1.87 bits per heavy atom. The van der Waals surface area contributed by atoms with Crippen molar-refractivity contribution in [2.24, 2.45) is 5.10 Å². The van der Waals surface area contributed by atoms with Crippen molar-refractivity contribution in [3.05, 3.63) is 80.5 Å². The van der Waals surface area contributed by atoms with E-state index in [1.54, 1.807) is 0 Å². The third kappa shape index (κ3) is 4.22. The van der Waals surface area contributed by atoms with E-state index in [1.165, 1.54) is 42.6 Å². The van der Waals surface area contributed by atoms with E-state index in [4.69, 9.17) is 9.15 Å². The van der Waals surface area contributed by atoms with Crippen LogP contribution in [0.3, 0.4) is 0 Å². The summed E-state index contributed by atoms with van der Waals surface area (Å²) in [6.45, 7) is 0.523. The van der Waals surface area contributed by atoms with Gasteiger partial charge >= 0.3 is 12.0 Å². The number of hydrogen-bond acceptors (Lipinski definition) is 12. The molecule has 2 aromatic rings. The van der Waals surface area contributed by atoms with Gasteiger partial charge in [0.1, 0.15) is 23.7 Å². The van der Waals surface area contributed by atoms with Crippen LogP contribution in [0.15, 0.2) is 63.0 Å². The maximum absolute atomic E-state index is 11.5. The number of phenolic OH excluding ortho intramolecular Hbond substituents is 2. The lowest BCUT2D eigenvalue weighted by Crippen LogP contribution is -2.39. The number of ether oxygens (including phenoxy) is 2. The molecular formula is C24H19N3O11. The molecule has 1 saturated heterocycles. The molecule has 3 heterocycles. The minimum absolute atomic E-state index is 0.0348. The van der Waals surface area contributed by atoms with Gasteiger partial charge in [-0.25, -0.2) is 4.79 Å². The van der Waals surface area contributed by atoms with Crippen molar-refractivity contribution in [2.75, 3.05) is 19.8 Å². The number of amides is 1. The number of rotatable bonds is 3. The molecule has 196 valence electrons. The monoisotopic (exact) mass is 525 g/mol. The Morgan fingerprint density at radius 3 is 2.55 bits per heavy atom. The van der Waals surface area contributed by atoms with E-state index in [0.717, 1.165) is 5.01 Å². The molecule has 1 atom stereocenters. The molecule has 0 bridgehead atoms. The summed E-state index contributed by atoms with van der Waals surface area (Å²) < 4.78 is 14.8. The molecule has 4 aliphatic rings. The summed E-state index contributed by atoms with van der Waals surface area (Å²) in [5.74, 6) is -1.75. The van der Waals surface area contributed by atoms with Crippen molar-refractivity contribution >= 4 is 29.5 Å². The van der Waals surface area contributed by atoms with Crippen LogP contribution in [0.25, 0.3) is 5.57 Å². The molecule has 1 aromatic heterocycles. The Hall–Kier alpha value is -5.11. The van der Waals surface area contributed by atoms with Crippen LogP contribution >= 0.6 is 0 Å². The number of aliphatic hydroxyl groups excluding tert-OH is 1. The number of fused-ring (bicyclic) bond motifs is 4. The molecule has 4 N–H and O–H groups in total. The number of nitro groups is 1. The lowest BCUT2D eigenvalue weighted by molar-refractivity contribution is -0.402. The average Bonchev–Trinajstić information content (AvgIpc) is 3.58. The third-order valence-corrected chi connectivity index (χ3v) is 6.09. The molecular weight excluding hydrogens is 506 g/mol. The van der Waals surface area contributed by atoms with Crippen LogP contribution in [-0.2, 0) is 20.7 Å². The molecule has 14 nitrogen and oxygen atoms in total. The second-order valence-electron chi connectivity index (χ2n) is 8.57. The number of carbonyl (C=O) groups excluding carboxylic acids is 2. The second kappa shape index (κ2) is 9.08. The first-order valence-electron chi connectivity index (χ1n) is 11.1. The summed E-state index contributed by atoms with van der Waals surface area (Å²) >= 11 is 0. The highest BCUT2D eigenvalue weighted by molar-refractivity contribution is 6.06. The minimum Gasteiger partial charge on any atom is -0.504 e. The fourth-order valence-corrected chi connectivity index (χ4v) is 4.39. The Kier molecular flexibility index (Phi) is 5.87. The molecule has 0 saturated carbocycles. The topological polar surface area (TPSA) is 205 Å². The van der Waals surface area contributed by atoms with Gasteiger partial charge < -0.3 is 34.3 Å². The Labute approximate surface area is 212 Å². The van der Waals surface area contributed by atoms with E-state index in [0.29, 0.717) is 28.8 Å². The van der Waals surface area contributed by atoms with Crippen molar-refractivity contribution in [3.63, 3.8) is 0 Å². The lowest BCUT2D eigenvalue weighted by atomic mass is 9.85. The maximum Gasteiger partial charge on any atom is 0.433 e. The molecule has 1 fully saturated rings. The largest absolute Gasteiger partial charge is 0.504 e. The van der Waals surface area contributed by atoms with Crippen molar-refractivity contribution < 1.29 is 48.8 Å². The number of carbonyl (C=O) groups is 2. The smallest absolute Gasteiger partial charge is 0.433 e. The highest BCUT2D eigenvalue weighted by Gasteiger charge is 2.47. The normalized spacial score (nSPS) is 21.6. The molecule has 1 unspecified atom stereocenters. The van der Waals surface area contributed by atoms with Gasteiger partial charge in [0.05, 0.1) is 18.8 Å². The molecule has 1 aromatic carbocycles. The van der Waals surface area contributed by atoms with E-state index in [9.17, 15) is 40.1 Å². The van der Waals surface area contributed by atoms with Crippen molar-refractivity contribution in [1.29, 1.82) is 0 Å². The summed E-state index contributed by atoms with van der Waals surface area (Å²) in [6.07, 6.45) is 3.58. The molecule has 1 amide bonds. The van der Waals surface area contributed by atoms with E-state index in [2.05, 4.69) is 9.84 Å². The molecule has 2 aliphatic carbocycles. The summed E-state index contributed by atoms with van der Waals surface area (Å²) in [5, 5.41) is 55.2. The highest BCUT2D eigenvalue weighted by atomic mass is 16.6. The standard InChI is InChI=1S/C16H12O6.C8H7N3O5/c17-10-2-1-8-13-9-4-12(19)11(18)3-7(9)5-16(13,21)6-22-15(8)14(10)20;12-8-10(3-4-15-8)9-5-6-1-2-7(16-6)11(13)14/h1-4,18-21H,5-6H2;1-2,5H,3-4H2. The molecule has 0 spiro atoms. The van der Waals surface area contributed by atoms with E-state index < -0.39 is 28.2 Å². The number of hydrazone groups is 1. The van der Waals surface area contributed by atoms with Gasteiger partial charge in [-0.2, -0.15) is 10.1 Å². The van der Waals surface area contributed by atoms with E-state index in [1.807, 2.05) is 0 Å². The molecule has 0 radical (unpaired) electrons. The number of allylic oxidation sites excluding steroid dienone is 2. The Morgan fingerprint density at radius 1 is 1.11 bits per heavy atom. The second-order valence-corrected chi connectivity index (χ2v) is 8.57. The van der Waals surface area contributed by atoms with Crippen LogP contribution in [0.5, 0.6) is 11.5 Å². The fraction of sp³-hybridized carbons (Fsp3) is 0.208. The Balaban J connectivity index is 0.000000163. The van der Waals surface area contributed by atoms with Crippen LogP contribution in [0.2, 0.25) is 0 Å². The quantitative estimate of drug-likeness (QED) is 0.197. The highest BCUT2D eigenvalue weighted by Crippen LogP contribution is 2.50. The van der Waals surface area contributed by atoms with Crippen LogP contribution in [0.4, 0.5) is 10.7 Å². The predicted molar refractivity (Wildman–Crippen MR) is 126 cm³/mol. The molecule has 38 heavy (non-hydrogen) atoms. The van der Waals surface area contributed by atoms with Gasteiger partial charge in [-0.05, 0) is 41.5 Å². The summed E-state index contributed by atoms with van der Waals surface area (Å²) in [6, 6.07) is 5.37. The van der Waals surface area contributed by atoms with Crippen molar-refractivity contribution in [2.45, 2.75) is 12.0 Å². The molecule has 2 aliphatic heterocycles. The summed E-state index contributed by atoms with van der Waals surface area (Å²) in [4.78, 5) is 32.2. The first-order chi connectivity index (χ1) is 18.1. The number of ketones is 1. The molecule has 14 heteroatoms. The van der Waals surface area contributed by atoms with Gasteiger partial charge in [-0.3, -0.25) is 14.9 Å². The minimum atomic E-state index is -1.33. The van der Waals surface area contributed by atoms with Crippen molar-refractivity contribution in [3.8, 4) is 11.5 Å².